The van der Waals surface area contributed by atoms with Crippen molar-refractivity contribution >= 4 is 23.3 Å². The fourth-order valence-electron chi connectivity index (χ4n) is 6.73. The van der Waals surface area contributed by atoms with Gasteiger partial charge in [-0.2, -0.15) is 0 Å². The first-order valence-electron chi connectivity index (χ1n) is 25.2. The minimum Gasteiger partial charge on any atom is -0.318 e. The van der Waals surface area contributed by atoms with Gasteiger partial charge < -0.3 is 4.57 Å². The van der Waals surface area contributed by atoms with Gasteiger partial charge in [0, 0.05) is 89.8 Å². The van der Waals surface area contributed by atoms with E-state index in [0.717, 1.165) is 41.4 Å². The minimum absolute atomic E-state index is 0.113. The number of nitrogens with zero attached hydrogens (tertiary/aromatic N) is 8. The van der Waals surface area contributed by atoms with E-state index in [9.17, 15) is 4.79 Å². The number of rotatable bonds is 6. The van der Waals surface area contributed by atoms with E-state index in [1.54, 1.807) is 29.1 Å². The highest BCUT2D eigenvalue weighted by Crippen LogP contribution is 2.30. The molecule has 70 heavy (non-hydrogen) atoms. The van der Waals surface area contributed by atoms with Gasteiger partial charge >= 0.3 is 0 Å². The topological polar surface area (TPSA) is 111 Å². The average Bonchev–Trinajstić information content (AvgIpc) is 4.05. The second-order valence-corrected chi connectivity index (χ2v) is 22.2. The van der Waals surface area contributed by atoms with Crippen LogP contribution in [0.25, 0.3) is 0 Å². The Bertz CT molecular complexity index is 2490. The molecule has 0 saturated carbocycles. The Morgan fingerprint density at radius 2 is 1.24 bits per heavy atom. The fraction of sp³-hybridized carbons (Fsp3) is 0.533. The first kappa shape index (κ1) is 62.8. The van der Waals surface area contributed by atoms with E-state index < -0.39 is 0 Å². The van der Waals surface area contributed by atoms with Crippen molar-refractivity contribution in [2.75, 3.05) is 13.1 Å². The summed E-state index contributed by atoms with van der Waals surface area (Å²) < 4.78 is 1.61. The molecule has 5 aromatic rings. The molecule has 9 nitrogen and oxygen atoms in total. The summed E-state index contributed by atoms with van der Waals surface area (Å²) in [6, 6.07) is 10.1. The zero-order valence-corrected chi connectivity index (χ0v) is 48.6. The Labute approximate surface area is 429 Å². The Hall–Kier alpha value is -5.22. The Kier molecular flexibility index (Phi) is 28.0. The molecule has 7 heterocycles. The number of thiazole rings is 1. The molecule has 0 aliphatic carbocycles. The molecule has 0 unspecified atom stereocenters. The van der Waals surface area contributed by atoms with E-state index in [4.69, 9.17) is 0 Å². The van der Waals surface area contributed by atoms with E-state index in [1.807, 2.05) is 76.9 Å². The Morgan fingerprint density at radius 1 is 0.643 bits per heavy atom. The van der Waals surface area contributed by atoms with Gasteiger partial charge in [0.2, 0.25) is 0 Å². The van der Waals surface area contributed by atoms with E-state index in [-0.39, 0.29) is 5.56 Å². The highest BCUT2D eigenvalue weighted by molar-refractivity contribution is 7.09. The molecule has 7 rings (SSSR count). The lowest BCUT2D eigenvalue weighted by Crippen LogP contribution is -2.20. The molecule has 384 valence electrons. The van der Waals surface area contributed by atoms with Crippen LogP contribution in [0.15, 0.2) is 104 Å². The normalized spacial score (nSPS) is 12.7. The van der Waals surface area contributed by atoms with E-state index >= 15 is 0 Å². The van der Waals surface area contributed by atoms with Crippen molar-refractivity contribution in [1.29, 1.82) is 0 Å². The highest BCUT2D eigenvalue weighted by atomic mass is 32.1. The molecule has 0 atom stereocenters. The highest BCUT2D eigenvalue weighted by Gasteiger charge is 2.20. The molecular formula is C60H92N8OS. The van der Waals surface area contributed by atoms with Crippen LogP contribution in [0.4, 0.5) is 0 Å². The van der Waals surface area contributed by atoms with Crippen LogP contribution in [-0.4, -0.2) is 54.5 Å². The molecule has 0 radical (unpaired) electrons. The van der Waals surface area contributed by atoms with Crippen LogP contribution in [0.3, 0.4) is 0 Å². The number of pyridine rings is 3. The van der Waals surface area contributed by atoms with Crippen molar-refractivity contribution in [3.63, 3.8) is 0 Å². The second-order valence-electron chi connectivity index (χ2n) is 21.3. The fourth-order valence-corrected chi connectivity index (χ4v) is 7.54. The van der Waals surface area contributed by atoms with E-state index in [2.05, 4.69) is 183 Å². The van der Waals surface area contributed by atoms with Gasteiger partial charge in [0.25, 0.3) is 5.56 Å². The van der Waals surface area contributed by atoms with Gasteiger partial charge in [0.1, 0.15) is 5.82 Å². The van der Waals surface area contributed by atoms with Crippen molar-refractivity contribution in [2.24, 2.45) is 28.4 Å². The van der Waals surface area contributed by atoms with Crippen molar-refractivity contribution in [2.45, 2.75) is 182 Å². The van der Waals surface area contributed by atoms with Crippen LogP contribution in [-0.2, 0) is 7.05 Å². The molecule has 0 aromatic carbocycles. The number of aryl methyl sites for hydroxylation is 6. The van der Waals surface area contributed by atoms with Crippen LogP contribution in [0.2, 0.25) is 0 Å². The molecule has 0 fully saturated rings. The van der Waals surface area contributed by atoms with Gasteiger partial charge in [-0.05, 0) is 135 Å². The smallest absolute Gasteiger partial charge is 0.253 e. The van der Waals surface area contributed by atoms with Crippen molar-refractivity contribution in [3.8, 4) is 0 Å². The first-order chi connectivity index (χ1) is 32.5. The zero-order chi connectivity index (χ0) is 53.5. The van der Waals surface area contributed by atoms with Crippen molar-refractivity contribution in [1.82, 2.24) is 29.5 Å². The molecule has 0 spiro atoms. The van der Waals surface area contributed by atoms with Gasteiger partial charge in [0.05, 0.1) is 18.1 Å². The summed E-state index contributed by atoms with van der Waals surface area (Å²) in [6.45, 7) is 48.7. The quantitative estimate of drug-likeness (QED) is 0.168. The standard InChI is InChI=1S/C10H15N.C9H13NO.C9H15N.C9H13N.C8H12N2.C8H13N.C7H11NS/c1-7(2)10-5-8(3)6-11-9(10)4;1-7(2)8-5-4-6-10(3)9(8)11;1-7-5-10-6-8(7)9(2,3)4;1-7(2)9-6-8(3)4-5-10-9;1-6(2)8-9-4-7(3)5-10-8;1-6(2)8-4-7(3)5-9-8;1-5(2)7-8-6(3)4-9-7/h5-7H,1-4H3;4-7H,1-3H3;5H,6H2,1-4H3;4-7H,1-3H3;4-6H,1-3H3;4,6H,5H2,1-3H3;4-5H,1-3H3. The summed E-state index contributed by atoms with van der Waals surface area (Å²) in [5, 5.41) is 3.34. The molecule has 2 aliphatic rings. The van der Waals surface area contributed by atoms with Gasteiger partial charge in [-0.25, -0.2) is 15.0 Å². The Balaban J connectivity index is 0.000000409. The molecule has 0 N–H and O–H groups in total. The summed E-state index contributed by atoms with van der Waals surface area (Å²) in [7, 11) is 1.77. The maximum absolute atomic E-state index is 11.4. The second kappa shape index (κ2) is 31.2. The third-order valence-corrected chi connectivity index (χ3v) is 12.3. The molecule has 5 aromatic heterocycles. The van der Waals surface area contributed by atoms with Crippen LogP contribution >= 0.6 is 11.3 Å². The molecule has 0 amide bonds. The molecular weight excluding hydrogens is 881 g/mol. The largest absolute Gasteiger partial charge is 0.318 e. The Morgan fingerprint density at radius 3 is 1.59 bits per heavy atom. The lowest BCUT2D eigenvalue weighted by atomic mass is 9.85. The maximum atomic E-state index is 11.4. The van der Waals surface area contributed by atoms with Crippen LogP contribution in [0.1, 0.15) is 203 Å². The summed E-state index contributed by atoms with van der Waals surface area (Å²) in [6.07, 6.45) is 13.4. The third-order valence-electron chi connectivity index (χ3n) is 11.0. The van der Waals surface area contributed by atoms with Crippen LogP contribution < -0.4 is 5.56 Å². The van der Waals surface area contributed by atoms with Gasteiger partial charge in [-0.3, -0.25) is 24.7 Å². The number of hydrogen-bond acceptors (Lipinski definition) is 9. The van der Waals surface area contributed by atoms with Gasteiger partial charge in [-0.1, -0.05) is 122 Å². The van der Waals surface area contributed by atoms with Crippen LogP contribution in [0, 0.1) is 46.0 Å². The van der Waals surface area contributed by atoms with E-state index in [0.29, 0.717) is 40.9 Å². The number of aliphatic imine (C=N–C) groups is 2. The van der Waals surface area contributed by atoms with Gasteiger partial charge in [0.15, 0.2) is 0 Å². The summed E-state index contributed by atoms with van der Waals surface area (Å²) in [5.74, 6) is 3.98. The van der Waals surface area contributed by atoms with Crippen LogP contribution in [0.5, 0.6) is 0 Å². The summed E-state index contributed by atoms with van der Waals surface area (Å²) >= 11 is 1.75. The SMILES string of the molecule is CC(C)c1cccn(C)c1=O.CC1=C(C(C)(C)C)CN=C1.CC1=CC(C(C)C)=NC1.Cc1ccnc(C(C)C)c1.Cc1cnc(C(C)C)nc1.Cc1cnc(C)c(C(C)C)c1.Cc1csc(C(C)C)n1. The number of aromatic nitrogens is 6. The first-order valence-corrected chi connectivity index (χ1v) is 26.1. The zero-order valence-electron chi connectivity index (χ0n) is 47.8. The lowest BCUT2D eigenvalue weighted by Gasteiger charge is -2.20. The van der Waals surface area contributed by atoms with Gasteiger partial charge in [-0.15, -0.1) is 11.3 Å². The third kappa shape index (κ3) is 24.1. The summed E-state index contributed by atoms with van der Waals surface area (Å²) in [4.78, 5) is 41.1. The molecule has 0 bridgehead atoms. The van der Waals surface area contributed by atoms with Crippen molar-refractivity contribution < 1.29 is 0 Å². The van der Waals surface area contributed by atoms with E-state index in [1.165, 1.54) is 49.8 Å². The number of hydrogen-bond donors (Lipinski definition) is 0. The lowest BCUT2D eigenvalue weighted by molar-refractivity contribution is 0.496. The molecule has 2 aliphatic heterocycles. The van der Waals surface area contributed by atoms with Crippen molar-refractivity contribution in [3.05, 3.63) is 156 Å². The molecule has 10 heteroatoms. The minimum atomic E-state index is 0.113. The average molecular weight is 974 g/mol. The molecule has 0 saturated heterocycles. The summed E-state index contributed by atoms with van der Waals surface area (Å²) in [5.41, 5.74) is 15.3. The predicted molar refractivity (Wildman–Crippen MR) is 305 cm³/mol. The number of allylic oxidation sites excluding steroid dienone is 2. The maximum Gasteiger partial charge on any atom is 0.253 e. The predicted octanol–water partition coefficient (Wildman–Crippen LogP) is 15.8. The monoisotopic (exact) mass is 973 g/mol.